The number of benzene rings is 2. The number of carbonyl (C=O) groups is 1. The first-order valence-corrected chi connectivity index (χ1v) is 9.41. The molecule has 0 fully saturated rings. The maximum absolute atomic E-state index is 13.7. The summed E-state index contributed by atoms with van der Waals surface area (Å²) in [5.41, 5.74) is 2.73. The molecular weight excluding hydrogens is 345 g/mol. The molecule has 1 amide bonds. The van der Waals surface area contributed by atoms with Crippen molar-refractivity contribution in [1.29, 1.82) is 0 Å². The van der Waals surface area contributed by atoms with Gasteiger partial charge >= 0.3 is 0 Å². The Balaban J connectivity index is 1.87. The van der Waals surface area contributed by atoms with E-state index < -0.39 is 0 Å². The van der Waals surface area contributed by atoms with E-state index in [0.717, 1.165) is 12.0 Å². The maximum atomic E-state index is 13.7. The summed E-state index contributed by atoms with van der Waals surface area (Å²) >= 11 is 7.35. The number of amides is 1. The van der Waals surface area contributed by atoms with E-state index in [9.17, 15) is 9.18 Å². The molecule has 0 aliphatic heterocycles. The van der Waals surface area contributed by atoms with Gasteiger partial charge in [0.1, 0.15) is 5.82 Å². The molecule has 0 heterocycles. The van der Waals surface area contributed by atoms with E-state index in [1.165, 1.54) is 23.4 Å². The van der Waals surface area contributed by atoms with Crippen molar-refractivity contribution in [1.82, 2.24) is 5.32 Å². The van der Waals surface area contributed by atoms with Crippen LogP contribution in [0.5, 0.6) is 0 Å². The molecule has 24 heavy (non-hydrogen) atoms. The molecule has 2 nitrogen and oxygen atoms in total. The second kappa shape index (κ2) is 9.09. The van der Waals surface area contributed by atoms with Crippen LogP contribution in [0.25, 0.3) is 0 Å². The third-order valence-electron chi connectivity index (χ3n) is 3.76. The van der Waals surface area contributed by atoms with Crippen molar-refractivity contribution >= 4 is 29.3 Å². The summed E-state index contributed by atoms with van der Waals surface area (Å²) in [6.45, 7) is 4.07. The molecule has 2 rings (SSSR count). The van der Waals surface area contributed by atoms with E-state index >= 15 is 0 Å². The zero-order valence-corrected chi connectivity index (χ0v) is 15.4. The van der Waals surface area contributed by atoms with Gasteiger partial charge in [-0.05, 0) is 31.0 Å². The van der Waals surface area contributed by atoms with Crippen LogP contribution in [-0.2, 0) is 10.5 Å². The Bertz CT molecular complexity index is 670. The minimum absolute atomic E-state index is 0.00394. The van der Waals surface area contributed by atoms with Crippen LogP contribution in [0.3, 0.4) is 0 Å². The summed E-state index contributed by atoms with van der Waals surface area (Å²) in [5, 5.41) is 3.43. The highest BCUT2D eigenvalue weighted by Gasteiger charge is 2.13. The zero-order chi connectivity index (χ0) is 17.5. The van der Waals surface area contributed by atoms with Gasteiger partial charge in [0.05, 0.1) is 11.8 Å². The molecule has 0 aliphatic carbocycles. The van der Waals surface area contributed by atoms with Crippen LogP contribution >= 0.6 is 23.4 Å². The highest BCUT2D eigenvalue weighted by molar-refractivity contribution is 7.99. The fourth-order valence-electron chi connectivity index (χ4n) is 2.37. The Morgan fingerprint density at radius 1 is 1.25 bits per heavy atom. The van der Waals surface area contributed by atoms with Crippen molar-refractivity contribution in [2.24, 2.45) is 0 Å². The summed E-state index contributed by atoms with van der Waals surface area (Å²) in [4.78, 5) is 12.2. The van der Waals surface area contributed by atoms with E-state index in [4.69, 9.17) is 11.6 Å². The molecule has 0 bridgehead atoms. The molecule has 0 saturated heterocycles. The molecule has 2 aromatic rings. The first-order valence-electron chi connectivity index (χ1n) is 7.87. The summed E-state index contributed by atoms with van der Waals surface area (Å²) in [6, 6.07) is 12.8. The monoisotopic (exact) mass is 365 g/mol. The summed E-state index contributed by atoms with van der Waals surface area (Å²) in [7, 11) is 0. The largest absolute Gasteiger partial charge is 0.349 e. The predicted molar refractivity (Wildman–Crippen MR) is 99.9 cm³/mol. The fraction of sp³-hybridized carbons (Fsp3) is 0.316. The second-order valence-electron chi connectivity index (χ2n) is 5.63. The first kappa shape index (κ1) is 18.8. The topological polar surface area (TPSA) is 29.1 Å². The highest BCUT2D eigenvalue weighted by Crippen LogP contribution is 2.24. The smallest absolute Gasteiger partial charge is 0.230 e. The van der Waals surface area contributed by atoms with Gasteiger partial charge in [0.25, 0.3) is 0 Å². The first-order chi connectivity index (χ1) is 11.5. The number of hydrogen-bond acceptors (Lipinski definition) is 2. The van der Waals surface area contributed by atoms with Gasteiger partial charge in [0.15, 0.2) is 0 Å². The SMILES string of the molecule is CC[C@@H](NC(=O)CSCc1c(F)cccc1Cl)c1ccc(C)cc1. The Morgan fingerprint density at radius 3 is 2.58 bits per heavy atom. The predicted octanol–water partition coefficient (Wildman–Crippen LogP) is 5.29. The van der Waals surface area contributed by atoms with Gasteiger partial charge in [0, 0.05) is 16.3 Å². The lowest BCUT2D eigenvalue weighted by molar-refractivity contribution is -0.119. The number of aryl methyl sites for hydroxylation is 1. The molecule has 0 spiro atoms. The van der Waals surface area contributed by atoms with E-state index in [2.05, 4.69) is 5.32 Å². The summed E-state index contributed by atoms with van der Waals surface area (Å²) in [5.74, 6) is 0.258. The number of thioether (sulfide) groups is 1. The van der Waals surface area contributed by atoms with Gasteiger partial charge in [-0.1, -0.05) is 54.4 Å². The van der Waals surface area contributed by atoms with E-state index in [0.29, 0.717) is 16.3 Å². The van der Waals surface area contributed by atoms with Crippen molar-refractivity contribution in [2.45, 2.75) is 32.1 Å². The molecule has 0 saturated carbocycles. The minimum Gasteiger partial charge on any atom is -0.349 e. The molecule has 1 atom stereocenters. The van der Waals surface area contributed by atoms with Crippen LogP contribution in [0, 0.1) is 12.7 Å². The Morgan fingerprint density at radius 2 is 1.96 bits per heavy atom. The van der Waals surface area contributed by atoms with E-state index in [1.54, 1.807) is 12.1 Å². The highest BCUT2D eigenvalue weighted by atomic mass is 35.5. The Kier molecular flexibility index (Phi) is 7.13. The minimum atomic E-state index is -0.332. The lowest BCUT2D eigenvalue weighted by Crippen LogP contribution is -2.29. The average Bonchev–Trinajstić information content (AvgIpc) is 2.56. The van der Waals surface area contributed by atoms with Crippen LogP contribution in [-0.4, -0.2) is 11.7 Å². The molecule has 5 heteroatoms. The van der Waals surface area contributed by atoms with Gasteiger partial charge in [0.2, 0.25) is 5.91 Å². The number of carbonyl (C=O) groups excluding carboxylic acids is 1. The third-order valence-corrected chi connectivity index (χ3v) is 5.08. The van der Waals surface area contributed by atoms with Gasteiger partial charge in [-0.2, -0.15) is 0 Å². The van der Waals surface area contributed by atoms with Crippen LogP contribution in [0.1, 0.15) is 36.1 Å². The Hall–Kier alpha value is -1.52. The van der Waals surface area contributed by atoms with Gasteiger partial charge < -0.3 is 5.32 Å². The quantitative estimate of drug-likeness (QED) is 0.722. The lowest BCUT2D eigenvalue weighted by Gasteiger charge is -2.17. The number of nitrogens with one attached hydrogen (secondary N) is 1. The molecule has 0 aromatic heterocycles. The standard InChI is InChI=1S/C19H21ClFNOS/c1-3-18(14-9-7-13(2)8-10-14)22-19(23)12-24-11-15-16(20)5-4-6-17(15)21/h4-10,18H,3,11-12H2,1-2H3,(H,22,23)/t18-/m1/s1. The third kappa shape index (κ3) is 5.25. The Labute approximate surface area is 151 Å². The van der Waals surface area contributed by atoms with Gasteiger partial charge in [-0.25, -0.2) is 4.39 Å². The lowest BCUT2D eigenvalue weighted by atomic mass is 10.0. The van der Waals surface area contributed by atoms with Crippen LogP contribution in [0.15, 0.2) is 42.5 Å². The molecular formula is C19H21ClFNOS. The molecule has 0 radical (unpaired) electrons. The molecule has 2 aromatic carbocycles. The fourth-order valence-corrected chi connectivity index (χ4v) is 3.55. The van der Waals surface area contributed by atoms with Crippen LogP contribution in [0.2, 0.25) is 5.02 Å². The molecule has 1 N–H and O–H groups in total. The van der Waals surface area contributed by atoms with Crippen molar-refractivity contribution in [3.8, 4) is 0 Å². The van der Waals surface area contributed by atoms with Crippen molar-refractivity contribution in [3.63, 3.8) is 0 Å². The molecule has 0 aliphatic rings. The molecule has 128 valence electrons. The van der Waals surface area contributed by atoms with Crippen molar-refractivity contribution in [2.75, 3.05) is 5.75 Å². The second-order valence-corrected chi connectivity index (χ2v) is 7.02. The van der Waals surface area contributed by atoms with E-state index in [1.807, 2.05) is 38.1 Å². The maximum Gasteiger partial charge on any atom is 0.230 e. The van der Waals surface area contributed by atoms with Gasteiger partial charge in [-0.15, -0.1) is 11.8 Å². The van der Waals surface area contributed by atoms with Crippen LogP contribution in [0.4, 0.5) is 4.39 Å². The zero-order valence-electron chi connectivity index (χ0n) is 13.8. The van der Waals surface area contributed by atoms with E-state index in [-0.39, 0.29) is 23.5 Å². The number of hydrogen-bond donors (Lipinski definition) is 1. The van der Waals surface area contributed by atoms with Gasteiger partial charge in [-0.3, -0.25) is 4.79 Å². The van der Waals surface area contributed by atoms with Crippen LogP contribution < -0.4 is 5.32 Å². The number of rotatable bonds is 7. The normalized spacial score (nSPS) is 12.0. The molecule has 0 unspecified atom stereocenters. The summed E-state index contributed by atoms with van der Waals surface area (Å²) in [6.07, 6.45) is 0.818. The average molecular weight is 366 g/mol. The number of halogens is 2. The van der Waals surface area contributed by atoms with Crippen molar-refractivity contribution in [3.05, 3.63) is 70.0 Å². The van der Waals surface area contributed by atoms with Crippen molar-refractivity contribution < 1.29 is 9.18 Å². The summed E-state index contributed by atoms with van der Waals surface area (Å²) < 4.78 is 13.7.